The predicted molar refractivity (Wildman–Crippen MR) is 74.3 cm³/mol. The van der Waals surface area contributed by atoms with Gasteiger partial charge in [-0.2, -0.15) is 5.26 Å². The van der Waals surface area contributed by atoms with E-state index in [0.717, 1.165) is 25.2 Å². The molecule has 0 radical (unpaired) electrons. The number of pyridine rings is 1. The van der Waals surface area contributed by atoms with E-state index in [9.17, 15) is 4.79 Å². The van der Waals surface area contributed by atoms with Crippen LogP contribution in [0.3, 0.4) is 0 Å². The first-order chi connectivity index (χ1) is 9.62. The average Bonchev–Trinajstić information content (AvgIpc) is 2.40. The highest BCUT2D eigenvalue weighted by Gasteiger charge is 2.33. The van der Waals surface area contributed by atoms with Crippen LogP contribution in [0, 0.1) is 11.3 Å². The van der Waals surface area contributed by atoms with Crippen LogP contribution in [0.2, 0.25) is 0 Å². The van der Waals surface area contributed by atoms with Gasteiger partial charge in [-0.05, 0) is 31.5 Å². The Morgan fingerprint density at radius 2 is 2.35 bits per heavy atom. The minimum Gasteiger partial charge on any atom is -0.480 e. The maximum atomic E-state index is 10.8. The third-order valence-electron chi connectivity index (χ3n) is 3.62. The first kappa shape index (κ1) is 14.3. The molecule has 6 heteroatoms. The second-order valence-electron chi connectivity index (χ2n) is 4.97. The number of nitrogens with zero attached hydrogens (tertiary/aromatic N) is 3. The summed E-state index contributed by atoms with van der Waals surface area (Å²) in [6, 6.07) is 6.20. The van der Waals surface area contributed by atoms with E-state index in [0.29, 0.717) is 17.6 Å². The van der Waals surface area contributed by atoms with Crippen molar-refractivity contribution in [1.82, 2.24) is 9.88 Å². The molecular weight excluding hydrogens is 256 g/mol. The Morgan fingerprint density at radius 3 is 2.85 bits per heavy atom. The summed E-state index contributed by atoms with van der Waals surface area (Å²) < 4.78 is 0. The fourth-order valence-corrected chi connectivity index (χ4v) is 2.43. The minimum atomic E-state index is -0.781. The van der Waals surface area contributed by atoms with Gasteiger partial charge in [0, 0.05) is 18.3 Å². The highest BCUT2D eigenvalue weighted by atomic mass is 16.4. The van der Waals surface area contributed by atoms with Crippen molar-refractivity contribution in [3.8, 4) is 6.07 Å². The summed E-state index contributed by atoms with van der Waals surface area (Å²) >= 11 is 0. The fourth-order valence-electron chi connectivity index (χ4n) is 2.43. The number of anilines is 1. The van der Waals surface area contributed by atoms with Crippen LogP contribution < -0.4 is 5.32 Å². The topological polar surface area (TPSA) is 89.3 Å². The molecule has 1 aromatic heterocycles. The number of carboxylic acids is 1. The molecule has 0 spiro atoms. The van der Waals surface area contributed by atoms with Crippen molar-refractivity contribution in [3.05, 3.63) is 23.9 Å². The van der Waals surface area contributed by atoms with Gasteiger partial charge in [0.05, 0.1) is 12.1 Å². The highest BCUT2D eigenvalue weighted by Crippen LogP contribution is 2.28. The van der Waals surface area contributed by atoms with Gasteiger partial charge in [0.15, 0.2) is 0 Å². The number of rotatable bonds is 6. The smallest absolute Gasteiger partial charge is 0.317 e. The summed E-state index contributed by atoms with van der Waals surface area (Å²) in [6.07, 6.45) is 3.38. The van der Waals surface area contributed by atoms with Crippen LogP contribution in [0.15, 0.2) is 18.3 Å². The molecule has 1 saturated carbocycles. The maximum absolute atomic E-state index is 10.8. The fraction of sp³-hybridized carbons (Fsp3) is 0.500. The van der Waals surface area contributed by atoms with Crippen molar-refractivity contribution in [1.29, 1.82) is 5.26 Å². The predicted octanol–water partition coefficient (Wildman–Crippen LogP) is 1.30. The molecule has 0 aliphatic heterocycles. The number of nitrogens with one attached hydrogen (secondary N) is 1. The quantitative estimate of drug-likeness (QED) is 0.812. The molecule has 0 atom stereocenters. The van der Waals surface area contributed by atoms with Crippen molar-refractivity contribution in [3.63, 3.8) is 0 Å². The van der Waals surface area contributed by atoms with Gasteiger partial charge in [0.25, 0.3) is 0 Å². The lowest BCUT2D eigenvalue weighted by Gasteiger charge is -2.42. The molecule has 0 aromatic carbocycles. The van der Waals surface area contributed by atoms with Crippen LogP contribution in [-0.4, -0.2) is 46.1 Å². The van der Waals surface area contributed by atoms with E-state index >= 15 is 0 Å². The van der Waals surface area contributed by atoms with E-state index in [1.54, 1.807) is 18.3 Å². The molecule has 0 unspecified atom stereocenters. The Kier molecular flexibility index (Phi) is 4.53. The number of nitriles is 1. The Hall–Kier alpha value is -2.13. The lowest BCUT2D eigenvalue weighted by molar-refractivity contribution is -0.139. The van der Waals surface area contributed by atoms with Gasteiger partial charge in [-0.25, -0.2) is 4.98 Å². The number of aromatic nitrogens is 1. The lowest BCUT2D eigenvalue weighted by Crippen LogP contribution is -2.51. The van der Waals surface area contributed by atoms with Crippen LogP contribution >= 0.6 is 0 Å². The largest absolute Gasteiger partial charge is 0.480 e. The minimum absolute atomic E-state index is 0.100. The second-order valence-corrected chi connectivity index (χ2v) is 4.97. The molecule has 106 valence electrons. The van der Waals surface area contributed by atoms with Crippen LogP contribution in [-0.2, 0) is 4.79 Å². The van der Waals surface area contributed by atoms with E-state index in [4.69, 9.17) is 10.4 Å². The average molecular weight is 274 g/mol. The molecule has 1 heterocycles. The first-order valence-electron chi connectivity index (χ1n) is 6.71. The van der Waals surface area contributed by atoms with Crippen LogP contribution in [0.25, 0.3) is 0 Å². The summed E-state index contributed by atoms with van der Waals surface area (Å²) in [4.78, 5) is 16.9. The number of aliphatic carboxylic acids is 1. The summed E-state index contributed by atoms with van der Waals surface area (Å²) in [5.74, 6) is -0.0225. The zero-order valence-corrected chi connectivity index (χ0v) is 11.4. The zero-order valence-electron chi connectivity index (χ0n) is 11.4. The molecule has 1 fully saturated rings. The van der Waals surface area contributed by atoms with Crippen molar-refractivity contribution < 1.29 is 9.90 Å². The molecule has 1 aliphatic carbocycles. The summed E-state index contributed by atoms with van der Waals surface area (Å²) in [5.41, 5.74) is 0.542. The van der Waals surface area contributed by atoms with Crippen LogP contribution in [0.4, 0.5) is 5.82 Å². The zero-order chi connectivity index (χ0) is 14.5. The second kappa shape index (κ2) is 6.35. The summed E-state index contributed by atoms with van der Waals surface area (Å²) in [6.45, 7) is 2.83. The number of carbonyl (C=O) groups is 1. The van der Waals surface area contributed by atoms with E-state index < -0.39 is 5.97 Å². The van der Waals surface area contributed by atoms with E-state index in [1.807, 2.05) is 17.9 Å². The molecule has 0 bridgehead atoms. The van der Waals surface area contributed by atoms with Crippen molar-refractivity contribution in [2.24, 2.45) is 0 Å². The van der Waals surface area contributed by atoms with Gasteiger partial charge >= 0.3 is 5.97 Å². The normalized spacial score (nSPS) is 21.1. The van der Waals surface area contributed by atoms with Gasteiger partial charge in [-0.1, -0.05) is 6.92 Å². The van der Waals surface area contributed by atoms with Crippen LogP contribution in [0.5, 0.6) is 0 Å². The van der Waals surface area contributed by atoms with E-state index in [-0.39, 0.29) is 6.54 Å². The third-order valence-corrected chi connectivity index (χ3v) is 3.62. The van der Waals surface area contributed by atoms with E-state index in [1.165, 1.54) is 0 Å². The molecule has 0 amide bonds. The number of carboxylic acid groups (broad SMARTS) is 1. The highest BCUT2D eigenvalue weighted by molar-refractivity contribution is 5.69. The standard InChI is InChI=1S/C14H18N4O2/c1-2-18(9-14(19)20)12-5-11(6-12)17-13-4-3-10(7-15)8-16-13/h3-4,8,11-12H,2,5-6,9H2,1H3,(H,16,17)(H,19,20). The maximum Gasteiger partial charge on any atom is 0.317 e. The molecule has 2 rings (SSSR count). The summed E-state index contributed by atoms with van der Waals surface area (Å²) in [7, 11) is 0. The number of hydrogen-bond donors (Lipinski definition) is 2. The summed E-state index contributed by atoms with van der Waals surface area (Å²) in [5, 5.41) is 20.8. The van der Waals surface area contributed by atoms with Gasteiger partial charge in [-0.15, -0.1) is 0 Å². The van der Waals surface area contributed by atoms with Gasteiger partial charge in [-0.3, -0.25) is 9.69 Å². The SMILES string of the molecule is CCN(CC(=O)O)C1CC(Nc2ccc(C#N)cn2)C1. The number of hydrogen-bond acceptors (Lipinski definition) is 5. The molecule has 1 aliphatic rings. The van der Waals surface area contributed by atoms with E-state index in [2.05, 4.69) is 10.3 Å². The third kappa shape index (κ3) is 3.45. The molecule has 0 saturated heterocycles. The van der Waals surface area contributed by atoms with Gasteiger partial charge in [0.1, 0.15) is 11.9 Å². The van der Waals surface area contributed by atoms with Crippen molar-refractivity contribution in [2.45, 2.75) is 31.8 Å². The molecule has 20 heavy (non-hydrogen) atoms. The Morgan fingerprint density at radius 1 is 1.60 bits per heavy atom. The van der Waals surface area contributed by atoms with Crippen LogP contribution in [0.1, 0.15) is 25.3 Å². The first-order valence-corrected chi connectivity index (χ1v) is 6.71. The van der Waals surface area contributed by atoms with Crippen molar-refractivity contribution in [2.75, 3.05) is 18.4 Å². The number of likely N-dealkylation sites (N-methyl/N-ethyl adjacent to an activating group) is 1. The molecule has 6 nitrogen and oxygen atoms in total. The Labute approximate surface area is 118 Å². The van der Waals surface area contributed by atoms with Gasteiger partial charge in [0.2, 0.25) is 0 Å². The monoisotopic (exact) mass is 274 g/mol. The molecule has 1 aromatic rings. The van der Waals surface area contributed by atoms with Crippen molar-refractivity contribution >= 4 is 11.8 Å². The molecule has 2 N–H and O–H groups in total. The molecular formula is C14H18N4O2. The lowest BCUT2D eigenvalue weighted by atomic mass is 9.85. The Balaban J connectivity index is 1.81. The Bertz CT molecular complexity index is 503. The van der Waals surface area contributed by atoms with Gasteiger partial charge < -0.3 is 10.4 Å².